The Morgan fingerprint density at radius 3 is 2.36 bits per heavy atom. The molecule has 3 N–H and O–H groups in total. The van der Waals surface area contributed by atoms with E-state index >= 15 is 0 Å². The van der Waals surface area contributed by atoms with Gasteiger partial charge in [-0.25, -0.2) is 0 Å². The fourth-order valence-electron chi connectivity index (χ4n) is 1.95. The van der Waals surface area contributed by atoms with Crippen molar-refractivity contribution in [3.05, 3.63) is 63.6 Å². The van der Waals surface area contributed by atoms with Crippen LogP contribution in [0.3, 0.4) is 0 Å². The van der Waals surface area contributed by atoms with E-state index in [0.29, 0.717) is 16.9 Å². The maximum absolute atomic E-state index is 12.3. The Morgan fingerprint density at radius 2 is 1.72 bits per heavy atom. The van der Waals surface area contributed by atoms with E-state index in [-0.39, 0.29) is 11.0 Å². The molecule has 0 aliphatic heterocycles. The van der Waals surface area contributed by atoms with Gasteiger partial charge in [-0.1, -0.05) is 33.6 Å². The Bertz CT molecular complexity index is 809. The zero-order valence-corrected chi connectivity index (χ0v) is 16.0. The fourth-order valence-corrected chi connectivity index (χ4v) is 2.45. The minimum Gasteiger partial charge on any atom is -0.496 e. The SMILES string of the molecule is COc1ccc(Br)cc1C(=O)NC(=S)NNC(=O)c1ccc(C)cc1. The maximum atomic E-state index is 12.3. The third kappa shape index (κ3) is 5.27. The summed E-state index contributed by atoms with van der Waals surface area (Å²) in [6.07, 6.45) is 0. The second kappa shape index (κ2) is 8.59. The van der Waals surface area contributed by atoms with Crippen molar-refractivity contribution in [3.8, 4) is 5.75 Å². The first-order valence-electron chi connectivity index (χ1n) is 7.22. The smallest absolute Gasteiger partial charge is 0.269 e. The summed E-state index contributed by atoms with van der Waals surface area (Å²) in [7, 11) is 1.47. The van der Waals surface area contributed by atoms with E-state index in [2.05, 4.69) is 32.1 Å². The van der Waals surface area contributed by atoms with E-state index in [1.807, 2.05) is 19.1 Å². The van der Waals surface area contributed by atoms with Gasteiger partial charge in [0.2, 0.25) is 0 Å². The minimum absolute atomic E-state index is 0.0347. The fraction of sp³-hybridized carbons (Fsp3) is 0.118. The first-order valence-corrected chi connectivity index (χ1v) is 8.42. The van der Waals surface area contributed by atoms with Crippen molar-refractivity contribution >= 4 is 45.1 Å². The average molecular weight is 422 g/mol. The van der Waals surface area contributed by atoms with Gasteiger partial charge in [0.15, 0.2) is 5.11 Å². The molecule has 0 bridgehead atoms. The highest BCUT2D eigenvalue weighted by atomic mass is 79.9. The second-order valence-corrected chi connectivity index (χ2v) is 6.40. The zero-order valence-electron chi connectivity index (χ0n) is 13.6. The van der Waals surface area contributed by atoms with Crippen molar-refractivity contribution in [2.45, 2.75) is 6.92 Å². The number of nitrogens with one attached hydrogen (secondary N) is 3. The Kier molecular flexibility index (Phi) is 6.49. The minimum atomic E-state index is -0.458. The number of carbonyl (C=O) groups excluding carboxylic acids is 2. The molecular weight excluding hydrogens is 406 g/mol. The van der Waals surface area contributed by atoms with Crippen LogP contribution in [0, 0.1) is 6.92 Å². The van der Waals surface area contributed by atoms with Gasteiger partial charge in [0.05, 0.1) is 12.7 Å². The predicted molar refractivity (Wildman–Crippen MR) is 103 cm³/mol. The van der Waals surface area contributed by atoms with Crippen molar-refractivity contribution in [1.29, 1.82) is 0 Å². The number of carbonyl (C=O) groups is 2. The van der Waals surface area contributed by atoms with Gasteiger partial charge in [-0.3, -0.25) is 25.8 Å². The predicted octanol–water partition coefficient (Wildman–Crippen LogP) is 2.72. The molecule has 0 aliphatic carbocycles. The van der Waals surface area contributed by atoms with Crippen LogP contribution >= 0.6 is 28.1 Å². The molecule has 0 aliphatic rings. The van der Waals surface area contributed by atoms with Crippen molar-refractivity contribution in [3.63, 3.8) is 0 Å². The van der Waals surface area contributed by atoms with E-state index in [9.17, 15) is 9.59 Å². The maximum Gasteiger partial charge on any atom is 0.269 e. The van der Waals surface area contributed by atoms with Crippen LogP contribution in [0.1, 0.15) is 26.3 Å². The van der Waals surface area contributed by atoms with E-state index < -0.39 is 5.91 Å². The van der Waals surface area contributed by atoms with Gasteiger partial charge in [0.25, 0.3) is 11.8 Å². The summed E-state index contributed by atoms with van der Waals surface area (Å²) in [5.41, 5.74) is 6.76. The molecule has 0 spiro atoms. The van der Waals surface area contributed by atoms with Crippen molar-refractivity contribution in [2.24, 2.45) is 0 Å². The summed E-state index contributed by atoms with van der Waals surface area (Å²) in [5, 5.41) is 2.45. The highest BCUT2D eigenvalue weighted by Crippen LogP contribution is 2.22. The second-order valence-electron chi connectivity index (χ2n) is 5.07. The largest absolute Gasteiger partial charge is 0.496 e. The van der Waals surface area contributed by atoms with E-state index in [1.54, 1.807) is 30.3 Å². The zero-order chi connectivity index (χ0) is 18.4. The molecule has 130 valence electrons. The molecule has 0 heterocycles. The first-order chi connectivity index (χ1) is 11.9. The molecule has 0 aromatic heterocycles. The summed E-state index contributed by atoms with van der Waals surface area (Å²) < 4.78 is 5.88. The molecule has 0 saturated carbocycles. The Morgan fingerprint density at radius 1 is 1.04 bits per heavy atom. The first kappa shape index (κ1) is 18.9. The van der Waals surface area contributed by atoms with Crippen LogP contribution in [-0.2, 0) is 0 Å². The molecule has 0 unspecified atom stereocenters. The number of thiocarbonyl (C=S) groups is 1. The van der Waals surface area contributed by atoms with Gasteiger partial charge in [0.1, 0.15) is 5.75 Å². The summed E-state index contributed by atoms with van der Waals surface area (Å²) >= 11 is 8.32. The number of benzene rings is 2. The number of hydrogen-bond acceptors (Lipinski definition) is 4. The summed E-state index contributed by atoms with van der Waals surface area (Å²) in [6, 6.07) is 12.1. The normalized spacial score (nSPS) is 9.88. The number of hydrazine groups is 1. The van der Waals surface area contributed by atoms with Crippen LogP contribution in [0.2, 0.25) is 0 Å². The number of amides is 2. The van der Waals surface area contributed by atoms with Gasteiger partial charge in [-0.2, -0.15) is 0 Å². The number of hydrogen-bond donors (Lipinski definition) is 3. The van der Waals surface area contributed by atoms with E-state index in [4.69, 9.17) is 17.0 Å². The third-order valence-corrected chi connectivity index (χ3v) is 3.93. The third-order valence-electron chi connectivity index (χ3n) is 3.24. The summed E-state index contributed by atoms with van der Waals surface area (Å²) in [4.78, 5) is 24.3. The molecule has 6 nitrogen and oxygen atoms in total. The molecule has 0 saturated heterocycles. The van der Waals surface area contributed by atoms with Crippen LogP contribution in [-0.4, -0.2) is 24.0 Å². The van der Waals surface area contributed by atoms with Crippen LogP contribution in [0.4, 0.5) is 0 Å². The van der Waals surface area contributed by atoms with Gasteiger partial charge < -0.3 is 4.74 Å². The number of halogens is 1. The molecule has 2 rings (SSSR count). The monoisotopic (exact) mass is 421 g/mol. The Balaban J connectivity index is 1.94. The highest BCUT2D eigenvalue weighted by molar-refractivity contribution is 9.10. The van der Waals surface area contributed by atoms with Crippen LogP contribution in [0.15, 0.2) is 46.9 Å². The van der Waals surface area contributed by atoms with Crippen molar-refractivity contribution in [2.75, 3.05) is 7.11 Å². The van der Waals surface area contributed by atoms with Gasteiger partial charge >= 0.3 is 0 Å². The van der Waals surface area contributed by atoms with E-state index in [1.165, 1.54) is 7.11 Å². The lowest BCUT2D eigenvalue weighted by Gasteiger charge is -2.12. The van der Waals surface area contributed by atoms with E-state index in [0.717, 1.165) is 10.0 Å². The number of ether oxygens (including phenoxy) is 1. The van der Waals surface area contributed by atoms with Crippen molar-refractivity contribution < 1.29 is 14.3 Å². The molecule has 25 heavy (non-hydrogen) atoms. The van der Waals surface area contributed by atoms with Gasteiger partial charge in [-0.15, -0.1) is 0 Å². The molecule has 2 aromatic carbocycles. The summed E-state index contributed by atoms with van der Waals surface area (Å²) in [6.45, 7) is 1.93. The quantitative estimate of drug-likeness (QED) is 0.524. The van der Waals surface area contributed by atoms with Crippen LogP contribution in [0.5, 0.6) is 5.75 Å². The topological polar surface area (TPSA) is 79.5 Å². The highest BCUT2D eigenvalue weighted by Gasteiger charge is 2.14. The van der Waals surface area contributed by atoms with Crippen molar-refractivity contribution in [1.82, 2.24) is 16.2 Å². The van der Waals surface area contributed by atoms with Crippen LogP contribution in [0.25, 0.3) is 0 Å². The standard InChI is InChI=1S/C17H16BrN3O3S/c1-10-3-5-11(6-4-10)15(22)20-21-17(25)19-16(23)13-9-12(18)7-8-14(13)24-2/h3-9H,1-2H3,(H,20,22)(H2,19,21,23,25). The Hall–Kier alpha value is -2.45. The lowest BCUT2D eigenvalue weighted by molar-refractivity contribution is 0.0934. The molecule has 0 atom stereocenters. The molecule has 8 heteroatoms. The number of methoxy groups -OCH3 is 1. The molecule has 2 aromatic rings. The summed E-state index contributed by atoms with van der Waals surface area (Å²) in [5.74, 6) is -0.413. The van der Waals surface area contributed by atoms with Gasteiger partial charge in [0, 0.05) is 10.0 Å². The number of aryl methyl sites for hydroxylation is 1. The molecule has 0 fully saturated rings. The van der Waals surface area contributed by atoms with Crippen LogP contribution < -0.4 is 20.9 Å². The molecular formula is C17H16BrN3O3S. The lowest BCUT2D eigenvalue weighted by Crippen LogP contribution is -2.48. The van der Waals surface area contributed by atoms with Gasteiger partial charge in [-0.05, 0) is 49.5 Å². The molecule has 0 radical (unpaired) electrons. The number of rotatable bonds is 3. The molecule has 2 amide bonds. The average Bonchev–Trinajstić information content (AvgIpc) is 2.60. The lowest BCUT2D eigenvalue weighted by atomic mass is 10.1. The Labute approximate surface area is 159 Å².